The fourth-order valence-corrected chi connectivity index (χ4v) is 3.73. The van der Waals surface area contributed by atoms with Gasteiger partial charge in [0.1, 0.15) is 24.7 Å². The van der Waals surface area contributed by atoms with E-state index in [2.05, 4.69) is 4.84 Å². The Kier molecular flexibility index (Phi) is 22.9. The van der Waals surface area contributed by atoms with E-state index >= 15 is 0 Å². The summed E-state index contributed by atoms with van der Waals surface area (Å²) >= 11 is 0. The van der Waals surface area contributed by atoms with Crippen molar-refractivity contribution in [3.8, 4) is 11.5 Å². The molecule has 7 nitrogen and oxygen atoms in total. The van der Waals surface area contributed by atoms with E-state index in [9.17, 15) is 23.7 Å². The van der Waals surface area contributed by atoms with Crippen molar-refractivity contribution in [2.75, 3.05) is 13.8 Å². The molecule has 0 bridgehead atoms. The smallest absolute Gasteiger partial charge is 0.311 e. The zero-order valence-corrected chi connectivity index (χ0v) is 24.7. The molecule has 2 aromatic carbocycles. The lowest BCUT2D eigenvalue weighted by Gasteiger charge is -2.08. The van der Waals surface area contributed by atoms with Crippen LogP contribution in [0.4, 0.5) is 8.78 Å². The third-order valence-electron chi connectivity index (χ3n) is 5.65. The van der Waals surface area contributed by atoms with Gasteiger partial charge >= 0.3 is 5.97 Å². The predicted molar refractivity (Wildman–Crippen MR) is 159 cm³/mol. The predicted octanol–water partition coefficient (Wildman–Crippen LogP) is 8.81. The topological polar surface area (TPSA) is 87.9 Å². The average Bonchev–Trinajstić information content (AvgIpc) is 3.54. The van der Waals surface area contributed by atoms with E-state index in [1.807, 2.05) is 69.3 Å². The van der Waals surface area contributed by atoms with Gasteiger partial charge in [0.2, 0.25) is 0 Å². The Morgan fingerprint density at radius 2 is 1.71 bits per heavy atom. The van der Waals surface area contributed by atoms with Crippen LogP contribution in [0.25, 0.3) is 0 Å². The highest BCUT2D eigenvalue weighted by atomic mass is 19.1. The maximum Gasteiger partial charge on any atom is 0.311 e. The van der Waals surface area contributed by atoms with Crippen molar-refractivity contribution in [1.82, 2.24) is 0 Å². The fraction of sp³-hybridized carbons (Fsp3) is 0.469. The first kappa shape index (κ1) is 37.2. The molecule has 1 aliphatic rings. The SMILES string of the molecule is C/C=C\CCCC(=O)Oc1ccccc1CO[N+](=O)[O-].CC.CF.FC(/C=C/C1CCCC1)COc1ccccc1. The third-order valence-corrected chi connectivity index (χ3v) is 5.65. The normalized spacial score (nSPS) is 13.1. The van der Waals surface area contributed by atoms with Gasteiger partial charge in [-0.3, -0.25) is 9.18 Å². The van der Waals surface area contributed by atoms with Crippen molar-refractivity contribution in [3.05, 3.63) is 94.6 Å². The Morgan fingerprint density at radius 3 is 2.34 bits per heavy atom. The summed E-state index contributed by atoms with van der Waals surface area (Å²) in [6, 6.07) is 16.0. The highest BCUT2D eigenvalue weighted by Gasteiger charge is 2.13. The zero-order valence-electron chi connectivity index (χ0n) is 24.7. The molecule has 1 fully saturated rings. The lowest BCUT2D eigenvalue weighted by molar-refractivity contribution is -0.763. The number of halogens is 2. The highest BCUT2D eigenvalue weighted by Crippen LogP contribution is 2.26. The average molecular weight is 578 g/mol. The second kappa shape index (κ2) is 25.2. The quantitative estimate of drug-likeness (QED) is 0.0590. The molecule has 2 aromatic rings. The number of unbranched alkanes of at least 4 members (excludes halogenated alkanes) is 1. The Bertz CT molecular complexity index is 995. The molecule has 1 saturated carbocycles. The molecule has 0 amide bonds. The number of allylic oxidation sites excluding steroid dienone is 3. The van der Waals surface area contributed by atoms with E-state index in [-0.39, 0.29) is 19.2 Å². The van der Waals surface area contributed by atoms with E-state index in [1.54, 1.807) is 30.3 Å². The van der Waals surface area contributed by atoms with E-state index < -0.39 is 11.3 Å². The summed E-state index contributed by atoms with van der Waals surface area (Å²) in [6.45, 7) is 5.78. The zero-order chi connectivity index (χ0) is 30.7. The summed E-state index contributed by atoms with van der Waals surface area (Å²) in [5.74, 6) is 1.25. The number of carbonyl (C=O) groups is 1. The number of alkyl halides is 2. The van der Waals surface area contributed by atoms with Crippen LogP contribution in [0.2, 0.25) is 0 Å². The molecule has 0 aromatic heterocycles. The highest BCUT2D eigenvalue weighted by molar-refractivity contribution is 5.72. The molecule has 41 heavy (non-hydrogen) atoms. The molecule has 0 heterocycles. The molecule has 0 radical (unpaired) electrons. The first-order valence-electron chi connectivity index (χ1n) is 14.0. The molecule has 1 atom stereocenters. The summed E-state index contributed by atoms with van der Waals surface area (Å²) in [7, 11) is 0.500. The molecule has 1 aliphatic carbocycles. The van der Waals surface area contributed by atoms with Gasteiger partial charge in [-0.25, -0.2) is 4.39 Å². The van der Waals surface area contributed by atoms with E-state index in [0.717, 1.165) is 12.2 Å². The largest absolute Gasteiger partial charge is 0.490 e. The summed E-state index contributed by atoms with van der Waals surface area (Å²) in [5, 5.41) is 9.30. The summed E-state index contributed by atoms with van der Waals surface area (Å²) in [6.07, 6.45) is 13.4. The summed E-state index contributed by atoms with van der Waals surface area (Å²) < 4.78 is 33.6. The van der Waals surface area contributed by atoms with Crippen molar-refractivity contribution in [1.29, 1.82) is 0 Å². The Morgan fingerprint density at radius 1 is 1.07 bits per heavy atom. The Hall–Kier alpha value is -3.75. The minimum absolute atomic E-state index is 0.104. The van der Waals surface area contributed by atoms with E-state index in [4.69, 9.17) is 9.47 Å². The number of para-hydroxylation sites is 2. The van der Waals surface area contributed by atoms with Crippen LogP contribution in [-0.2, 0) is 16.2 Å². The molecule has 1 unspecified atom stereocenters. The fourth-order valence-electron chi connectivity index (χ4n) is 3.73. The number of carbonyl (C=O) groups excluding carboxylic acids is 1. The Labute approximate surface area is 243 Å². The number of ether oxygens (including phenoxy) is 2. The van der Waals surface area contributed by atoms with Crippen LogP contribution in [0.15, 0.2) is 78.9 Å². The van der Waals surface area contributed by atoms with Crippen LogP contribution in [-0.4, -0.2) is 31.0 Å². The standard InChI is InChI=1S/C15H19FO.C14H17NO5.C2H6.CH3F/c16-14(11-10-13-6-4-5-7-13)12-17-15-8-2-1-3-9-15;1-2-3-4-5-10-14(16)20-13-9-7-6-8-12(13)11-19-15(17)18;2*1-2/h1-3,8-11,13-14H,4-7,12H2;2-3,6-9H,4-5,10-11H2,1H3;1-2H3;1H3/b11-10+;3-2-;;. The number of hydrogen-bond donors (Lipinski definition) is 0. The van der Waals surface area contributed by atoms with Crippen LogP contribution in [0.3, 0.4) is 0 Å². The van der Waals surface area contributed by atoms with Crippen LogP contribution in [0, 0.1) is 16.0 Å². The van der Waals surface area contributed by atoms with E-state index in [1.165, 1.54) is 25.7 Å². The summed E-state index contributed by atoms with van der Waals surface area (Å²) in [5.41, 5.74) is 0.464. The van der Waals surface area contributed by atoms with E-state index in [0.29, 0.717) is 37.3 Å². The number of benzene rings is 2. The molecule has 0 N–H and O–H groups in total. The van der Waals surface area contributed by atoms with Gasteiger partial charge in [0.25, 0.3) is 5.09 Å². The molecule has 228 valence electrons. The molecule has 0 aliphatic heterocycles. The monoisotopic (exact) mass is 577 g/mol. The van der Waals surface area contributed by atoms with Crippen molar-refractivity contribution < 1.29 is 33.0 Å². The second-order valence-electron chi connectivity index (χ2n) is 8.61. The van der Waals surface area contributed by atoms with Gasteiger partial charge in [-0.05, 0) is 56.7 Å². The van der Waals surface area contributed by atoms with Gasteiger partial charge in [0.05, 0.1) is 7.18 Å². The maximum atomic E-state index is 13.5. The van der Waals surface area contributed by atoms with Crippen LogP contribution in [0.5, 0.6) is 11.5 Å². The van der Waals surface area contributed by atoms with Crippen LogP contribution in [0.1, 0.15) is 71.3 Å². The van der Waals surface area contributed by atoms with Gasteiger partial charge < -0.3 is 14.3 Å². The second-order valence-corrected chi connectivity index (χ2v) is 8.61. The van der Waals surface area contributed by atoms with Gasteiger partial charge in [-0.2, -0.15) is 0 Å². The summed E-state index contributed by atoms with van der Waals surface area (Å²) in [4.78, 5) is 26.1. The van der Waals surface area contributed by atoms with Crippen molar-refractivity contribution in [3.63, 3.8) is 0 Å². The van der Waals surface area contributed by atoms with Crippen molar-refractivity contribution >= 4 is 5.97 Å². The minimum atomic E-state index is -1.00. The maximum absolute atomic E-state index is 13.5. The lowest BCUT2D eigenvalue weighted by atomic mass is 10.1. The third kappa shape index (κ3) is 19.0. The molecule has 3 rings (SSSR count). The number of nitrogens with zero attached hydrogens (tertiary/aromatic N) is 1. The molecule has 9 heteroatoms. The molecular formula is C32H45F2NO6. The molecule has 0 spiro atoms. The van der Waals surface area contributed by atoms with Gasteiger partial charge in [-0.15, -0.1) is 10.1 Å². The number of esters is 1. The first-order valence-corrected chi connectivity index (χ1v) is 14.0. The van der Waals surface area contributed by atoms with Gasteiger partial charge in [-0.1, -0.05) is 87.4 Å². The number of rotatable bonds is 13. The lowest BCUT2D eigenvalue weighted by Crippen LogP contribution is -2.10. The van der Waals surface area contributed by atoms with Crippen molar-refractivity contribution in [2.45, 2.75) is 78.5 Å². The van der Waals surface area contributed by atoms with Crippen LogP contribution < -0.4 is 9.47 Å². The molecular weight excluding hydrogens is 532 g/mol. The van der Waals surface area contributed by atoms with Crippen LogP contribution >= 0.6 is 0 Å². The Balaban J connectivity index is 0.000000701. The van der Waals surface area contributed by atoms with Crippen molar-refractivity contribution in [2.24, 2.45) is 5.92 Å². The molecule has 0 saturated heterocycles. The number of hydrogen-bond acceptors (Lipinski definition) is 6. The first-order chi connectivity index (χ1) is 20.0. The van der Waals surface area contributed by atoms with Gasteiger partial charge in [0, 0.05) is 12.0 Å². The van der Waals surface area contributed by atoms with Gasteiger partial charge in [0.15, 0.2) is 6.17 Å². The minimum Gasteiger partial charge on any atom is -0.490 e.